The van der Waals surface area contributed by atoms with Gasteiger partial charge in [0, 0.05) is 4.88 Å². The van der Waals surface area contributed by atoms with Crippen LogP contribution in [0.3, 0.4) is 0 Å². The monoisotopic (exact) mass is 383 g/mol. The highest BCUT2D eigenvalue weighted by Crippen LogP contribution is 2.30. The molecular formula is C21H21NO4S. The van der Waals surface area contributed by atoms with Crippen molar-refractivity contribution in [2.75, 3.05) is 14.2 Å². The lowest BCUT2D eigenvalue weighted by atomic mass is 9.97. The van der Waals surface area contributed by atoms with Crippen LogP contribution in [0.1, 0.15) is 28.1 Å². The minimum atomic E-state index is -0.913. The van der Waals surface area contributed by atoms with E-state index in [2.05, 4.69) is 5.32 Å². The molecular weight excluding hydrogens is 362 g/mol. The molecule has 0 bridgehead atoms. The van der Waals surface area contributed by atoms with Crippen LogP contribution >= 0.6 is 11.3 Å². The van der Waals surface area contributed by atoms with Crippen LogP contribution in [0.4, 0.5) is 0 Å². The van der Waals surface area contributed by atoms with E-state index in [0.29, 0.717) is 0 Å². The van der Waals surface area contributed by atoms with Crippen LogP contribution in [-0.2, 0) is 4.79 Å². The molecule has 0 spiro atoms. The molecule has 0 aliphatic rings. The van der Waals surface area contributed by atoms with Gasteiger partial charge in [-0.3, -0.25) is 10.1 Å². The van der Waals surface area contributed by atoms with Crippen LogP contribution in [0.2, 0.25) is 0 Å². The molecule has 140 valence electrons. The number of carboxylic acid groups (broad SMARTS) is 1. The summed E-state index contributed by atoms with van der Waals surface area (Å²) in [7, 11) is 3.23. The Bertz CT molecular complexity index is 813. The number of ether oxygens (including phenoxy) is 2. The van der Waals surface area contributed by atoms with Crippen LogP contribution < -0.4 is 14.8 Å². The normalized spacial score (nSPS) is 12.0. The molecule has 5 nitrogen and oxygen atoms in total. The van der Waals surface area contributed by atoms with Crippen molar-refractivity contribution in [2.45, 2.75) is 12.1 Å². The van der Waals surface area contributed by atoms with Gasteiger partial charge in [0.25, 0.3) is 0 Å². The molecule has 1 heterocycles. The number of carboxylic acids is 1. The molecule has 3 rings (SSSR count). The van der Waals surface area contributed by atoms with Crippen LogP contribution in [0.5, 0.6) is 11.5 Å². The predicted molar refractivity (Wildman–Crippen MR) is 106 cm³/mol. The van der Waals surface area contributed by atoms with E-state index in [-0.39, 0.29) is 6.04 Å². The standard InChI is InChI=1S/C21H21NO4S/c1-25-16-9-5-14(6-10-16)19(15-7-11-17(26-2)12-8-15)22-20(21(23)24)18-4-3-13-27-18/h3-13,19-20,22H,1-2H3,(H,23,24)/t20-/m1/s1. The zero-order valence-corrected chi connectivity index (χ0v) is 15.9. The van der Waals surface area contributed by atoms with E-state index in [0.717, 1.165) is 27.5 Å². The first-order valence-corrected chi connectivity index (χ1v) is 9.30. The summed E-state index contributed by atoms with van der Waals surface area (Å²) in [6.07, 6.45) is 0. The summed E-state index contributed by atoms with van der Waals surface area (Å²) in [5, 5.41) is 14.9. The third-order valence-corrected chi connectivity index (χ3v) is 5.24. The molecule has 0 aliphatic heterocycles. The van der Waals surface area contributed by atoms with Crippen molar-refractivity contribution in [1.82, 2.24) is 5.32 Å². The van der Waals surface area contributed by atoms with Crippen molar-refractivity contribution in [3.8, 4) is 11.5 Å². The lowest BCUT2D eigenvalue weighted by Gasteiger charge is -2.24. The number of benzene rings is 2. The first-order valence-electron chi connectivity index (χ1n) is 8.42. The summed E-state index contributed by atoms with van der Waals surface area (Å²) in [6.45, 7) is 0. The third-order valence-electron chi connectivity index (χ3n) is 4.31. The van der Waals surface area contributed by atoms with Gasteiger partial charge in [-0.1, -0.05) is 30.3 Å². The molecule has 0 amide bonds. The van der Waals surface area contributed by atoms with Gasteiger partial charge in [0.2, 0.25) is 0 Å². The number of thiophene rings is 1. The zero-order valence-electron chi connectivity index (χ0n) is 15.1. The second-order valence-electron chi connectivity index (χ2n) is 5.93. The molecule has 1 atom stereocenters. The number of nitrogens with one attached hydrogen (secondary N) is 1. The second-order valence-corrected chi connectivity index (χ2v) is 6.91. The van der Waals surface area contributed by atoms with Gasteiger partial charge in [0.05, 0.1) is 20.3 Å². The molecule has 0 radical (unpaired) electrons. The van der Waals surface area contributed by atoms with Crippen molar-refractivity contribution >= 4 is 17.3 Å². The van der Waals surface area contributed by atoms with E-state index < -0.39 is 12.0 Å². The smallest absolute Gasteiger partial charge is 0.326 e. The van der Waals surface area contributed by atoms with Gasteiger partial charge < -0.3 is 14.6 Å². The molecule has 6 heteroatoms. The number of hydrogen-bond acceptors (Lipinski definition) is 5. The Labute approximate surface area is 162 Å². The van der Waals surface area contributed by atoms with E-state index in [1.54, 1.807) is 14.2 Å². The topological polar surface area (TPSA) is 67.8 Å². The van der Waals surface area contributed by atoms with Crippen LogP contribution in [0, 0.1) is 0 Å². The van der Waals surface area contributed by atoms with E-state index in [1.165, 1.54) is 11.3 Å². The van der Waals surface area contributed by atoms with Gasteiger partial charge in [0.15, 0.2) is 0 Å². The Morgan fingerprint density at radius 1 is 0.926 bits per heavy atom. The van der Waals surface area contributed by atoms with Crippen LogP contribution in [0.15, 0.2) is 66.0 Å². The highest BCUT2D eigenvalue weighted by atomic mass is 32.1. The van der Waals surface area contributed by atoms with Crippen LogP contribution in [0.25, 0.3) is 0 Å². The molecule has 2 aromatic carbocycles. The number of methoxy groups -OCH3 is 2. The molecule has 1 aromatic heterocycles. The lowest BCUT2D eigenvalue weighted by molar-refractivity contribution is -0.139. The molecule has 3 aromatic rings. The summed E-state index contributed by atoms with van der Waals surface area (Å²) in [4.78, 5) is 12.7. The molecule has 0 saturated heterocycles. The number of rotatable bonds is 8. The van der Waals surface area contributed by atoms with Crippen LogP contribution in [-0.4, -0.2) is 25.3 Å². The molecule has 2 N–H and O–H groups in total. The SMILES string of the molecule is COc1ccc(C(N[C@@H](C(=O)O)c2cccs2)c2ccc(OC)cc2)cc1. The highest BCUT2D eigenvalue weighted by molar-refractivity contribution is 7.10. The number of aliphatic carboxylic acids is 1. The fourth-order valence-corrected chi connectivity index (χ4v) is 3.65. The van der Waals surface area contributed by atoms with Gasteiger partial charge in [-0.15, -0.1) is 11.3 Å². The zero-order chi connectivity index (χ0) is 19.2. The largest absolute Gasteiger partial charge is 0.497 e. The molecule has 0 fully saturated rings. The van der Waals surface area contributed by atoms with Gasteiger partial charge in [-0.05, 0) is 46.8 Å². The van der Waals surface area contributed by atoms with E-state index in [9.17, 15) is 9.90 Å². The second kappa shape index (κ2) is 8.70. The Morgan fingerprint density at radius 3 is 1.81 bits per heavy atom. The summed E-state index contributed by atoms with van der Waals surface area (Å²) < 4.78 is 10.5. The Balaban J connectivity index is 1.98. The number of carbonyl (C=O) groups is 1. The van der Waals surface area contributed by atoms with Gasteiger partial charge in [-0.2, -0.15) is 0 Å². The minimum absolute atomic E-state index is 0.301. The Morgan fingerprint density at radius 2 is 1.44 bits per heavy atom. The fourth-order valence-electron chi connectivity index (χ4n) is 2.87. The Kier molecular flexibility index (Phi) is 6.11. The quantitative estimate of drug-likeness (QED) is 0.608. The average Bonchev–Trinajstić information content (AvgIpc) is 3.23. The third kappa shape index (κ3) is 4.48. The fraction of sp³-hybridized carbons (Fsp3) is 0.190. The van der Waals surface area contributed by atoms with Crippen molar-refractivity contribution < 1.29 is 19.4 Å². The van der Waals surface area contributed by atoms with Gasteiger partial charge >= 0.3 is 5.97 Å². The molecule has 27 heavy (non-hydrogen) atoms. The Hall–Kier alpha value is -2.83. The van der Waals surface area contributed by atoms with Crippen molar-refractivity contribution in [3.63, 3.8) is 0 Å². The summed E-state index contributed by atoms with van der Waals surface area (Å²) in [5.74, 6) is 0.588. The van der Waals surface area contributed by atoms with E-state index in [1.807, 2.05) is 66.0 Å². The van der Waals surface area contributed by atoms with Crippen molar-refractivity contribution in [1.29, 1.82) is 0 Å². The van der Waals surface area contributed by atoms with Crippen molar-refractivity contribution in [2.24, 2.45) is 0 Å². The molecule has 0 unspecified atom stereocenters. The molecule has 0 aliphatic carbocycles. The van der Waals surface area contributed by atoms with Gasteiger partial charge in [-0.25, -0.2) is 0 Å². The van der Waals surface area contributed by atoms with Crippen molar-refractivity contribution in [3.05, 3.63) is 82.0 Å². The minimum Gasteiger partial charge on any atom is -0.497 e. The van der Waals surface area contributed by atoms with E-state index >= 15 is 0 Å². The van der Waals surface area contributed by atoms with E-state index in [4.69, 9.17) is 9.47 Å². The maximum Gasteiger partial charge on any atom is 0.326 e. The highest BCUT2D eigenvalue weighted by Gasteiger charge is 2.26. The first kappa shape index (κ1) is 18.9. The average molecular weight is 383 g/mol. The first-order chi connectivity index (χ1) is 13.1. The maximum atomic E-state index is 11.9. The summed E-state index contributed by atoms with van der Waals surface area (Å²) in [6, 6.07) is 17.8. The molecule has 0 saturated carbocycles. The maximum absolute atomic E-state index is 11.9. The van der Waals surface area contributed by atoms with Gasteiger partial charge in [0.1, 0.15) is 17.5 Å². The summed E-state index contributed by atoms with van der Waals surface area (Å²) >= 11 is 1.42. The lowest BCUT2D eigenvalue weighted by Crippen LogP contribution is -2.32. The predicted octanol–water partition coefficient (Wildman–Crippen LogP) is 4.27. The summed E-state index contributed by atoms with van der Waals surface area (Å²) in [5.41, 5.74) is 1.90. The number of hydrogen-bond donors (Lipinski definition) is 2.